The third-order valence-corrected chi connectivity index (χ3v) is 6.97. The fourth-order valence-electron chi connectivity index (χ4n) is 4.83. The van der Waals surface area contributed by atoms with Gasteiger partial charge in [0.15, 0.2) is 0 Å². The quantitative estimate of drug-likeness (QED) is 0.477. The Kier molecular flexibility index (Phi) is 5.25. The molecule has 3 fully saturated rings. The molecular formula is C18H31BN2O6. The van der Waals surface area contributed by atoms with Crippen LogP contribution < -0.4 is 5.32 Å². The molecule has 0 bridgehead atoms. The Bertz CT molecular complexity index is 597. The average molecular weight is 382 g/mol. The molecule has 3 aliphatic heterocycles. The predicted octanol–water partition coefficient (Wildman–Crippen LogP) is 2.04. The highest BCUT2D eigenvalue weighted by atomic mass is 16.7. The van der Waals surface area contributed by atoms with Gasteiger partial charge in [0, 0.05) is 18.5 Å². The lowest BCUT2D eigenvalue weighted by Crippen LogP contribution is -2.56. The van der Waals surface area contributed by atoms with Gasteiger partial charge in [-0.15, -0.1) is 0 Å². The maximum Gasteiger partial charge on any atom is 0.457 e. The molecule has 152 valence electrons. The molecule has 27 heavy (non-hydrogen) atoms. The van der Waals surface area contributed by atoms with Gasteiger partial charge in [-0.3, -0.25) is 4.90 Å². The first-order valence-corrected chi connectivity index (χ1v) is 9.84. The molecule has 3 atom stereocenters. The van der Waals surface area contributed by atoms with Crippen LogP contribution in [0.1, 0.15) is 53.4 Å². The number of carboxylic acid groups (broad SMARTS) is 2. The van der Waals surface area contributed by atoms with Crippen molar-refractivity contribution in [2.75, 3.05) is 13.1 Å². The molecule has 0 aromatic rings. The zero-order chi connectivity index (χ0) is 20.0. The normalized spacial score (nSPS) is 34.1. The molecule has 0 aromatic heterocycles. The molecule has 1 amide bonds. The number of amides is 1. The number of carboxylic acids is 1. The van der Waals surface area contributed by atoms with Crippen molar-refractivity contribution in [2.24, 2.45) is 5.92 Å². The first kappa shape index (κ1) is 20.4. The number of hydrogen-bond donors (Lipinski definition) is 3. The summed E-state index contributed by atoms with van der Waals surface area (Å²) in [5.74, 6) is -1.21. The highest BCUT2D eigenvalue weighted by Gasteiger charge is 2.61. The lowest BCUT2D eigenvalue weighted by molar-refractivity contribution is -0.151. The Morgan fingerprint density at radius 2 is 1.78 bits per heavy atom. The largest absolute Gasteiger partial charge is 0.479 e. The van der Waals surface area contributed by atoms with Gasteiger partial charge in [0.05, 0.1) is 11.2 Å². The van der Waals surface area contributed by atoms with Crippen LogP contribution >= 0.6 is 0 Å². The average Bonchev–Trinajstić information content (AvgIpc) is 3.16. The second kappa shape index (κ2) is 6.94. The van der Waals surface area contributed by atoms with Crippen molar-refractivity contribution < 1.29 is 29.1 Å². The van der Waals surface area contributed by atoms with Crippen LogP contribution in [0.3, 0.4) is 0 Å². The Balaban J connectivity index is 1.62. The molecule has 3 N–H and O–H groups in total. The van der Waals surface area contributed by atoms with Crippen LogP contribution in [0, 0.1) is 5.92 Å². The molecule has 0 unspecified atom stereocenters. The maximum atomic E-state index is 12.2. The molecule has 3 saturated heterocycles. The molecule has 0 saturated carbocycles. The number of unbranched alkanes of at least 4 members (excludes halogenated alkanes) is 1. The van der Waals surface area contributed by atoms with Crippen LogP contribution in [0.5, 0.6) is 0 Å². The fraction of sp³-hybridized carbons (Fsp3) is 0.889. The van der Waals surface area contributed by atoms with Gasteiger partial charge in [0.25, 0.3) is 0 Å². The number of likely N-dealkylation sites (tertiary alicyclic amines) is 1. The number of fused-ring (bicyclic) bond motifs is 1. The van der Waals surface area contributed by atoms with Gasteiger partial charge in [-0.25, -0.2) is 9.59 Å². The third-order valence-electron chi connectivity index (χ3n) is 6.97. The van der Waals surface area contributed by atoms with Gasteiger partial charge < -0.3 is 24.8 Å². The molecule has 8 nitrogen and oxygen atoms in total. The predicted molar refractivity (Wildman–Crippen MR) is 99.7 cm³/mol. The monoisotopic (exact) mass is 382 g/mol. The molecule has 0 aromatic carbocycles. The van der Waals surface area contributed by atoms with Crippen molar-refractivity contribution in [3.8, 4) is 0 Å². The topological polar surface area (TPSA) is 108 Å². The smallest absolute Gasteiger partial charge is 0.457 e. The van der Waals surface area contributed by atoms with E-state index in [1.165, 1.54) is 0 Å². The fourth-order valence-corrected chi connectivity index (χ4v) is 4.83. The zero-order valence-electron chi connectivity index (χ0n) is 16.7. The Morgan fingerprint density at radius 1 is 1.15 bits per heavy atom. The zero-order valence-corrected chi connectivity index (χ0v) is 16.7. The van der Waals surface area contributed by atoms with E-state index in [0.29, 0.717) is 25.6 Å². The first-order chi connectivity index (χ1) is 12.5. The summed E-state index contributed by atoms with van der Waals surface area (Å²) in [4.78, 5) is 25.1. The maximum absolute atomic E-state index is 12.2. The molecule has 0 aliphatic carbocycles. The number of carbonyl (C=O) groups is 2. The van der Waals surface area contributed by atoms with Gasteiger partial charge in [-0.05, 0) is 53.4 Å². The molecule has 9 heteroatoms. The van der Waals surface area contributed by atoms with Crippen LogP contribution in [0.15, 0.2) is 0 Å². The molecule has 0 spiro atoms. The molecule has 0 radical (unpaired) electrons. The summed E-state index contributed by atoms with van der Waals surface area (Å²) < 4.78 is 12.0. The van der Waals surface area contributed by atoms with E-state index in [1.807, 2.05) is 27.7 Å². The van der Waals surface area contributed by atoms with Gasteiger partial charge in [-0.1, -0.05) is 12.8 Å². The van der Waals surface area contributed by atoms with Crippen LogP contribution in [0.2, 0.25) is 6.32 Å². The Labute approximate surface area is 160 Å². The standard InChI is InChI=1S/C18H31BN2O6/c1-16(2)17(3,4)27-19(26-16)9-6-5-8-18(14(22)23)12-7-10-20-13(12)11-21(18)15(24)25/h12-13,20H,5-11H2,1-4H3,(H,22,23)(H,24,25)/t12-,13-,18+/m0/s1. The van der Waals surface area contributed by atoms with E-state index >= 15 is 0 Å². The number of rotatable bonds is 6. The van der Waals surface area contributed by atoms with E-state index < -0.39 is 17.6 Å². The summed E-state index contributed by atoms with van der Waals surface area (Å²) >= 11 is 0. The number of hydrogen-bond acceptors (Lipinski definition) is 5. The number of nitrogens with zero attached hydrogens (tertiary/aromatic N) is 1. The highest BCUT2D eigenvalue weighted by Crippen LogP contribution is 2.44. The summed E-state index contributed by atoms with van der Waals surface area (Å²) in [6, 6.07) is -0.0692. The highest BCUT2D eigenvalue weighted by molar-refractivity contribution is 6.45. The molecule has 3 rings (SSSR count). The van der Waals surface area contributed by atoms with Crippen molar-refractivity contribution >= 4 is 19.2 Å². The Morgan fingerprint density at radius 3 is 2.33 bits per heavy atom. The van der Waals surface area contributed by atoms with Gasteiger partial charge in [0.2, 0.25) is 0 Å². The molecule has 3 aliphatic rings. The van der Waals surface area contributed by atoms with Gasteiger partial charge >= 0.3 is 19.2 Å². The summed E-state index contributed by atoms with van der Waals surface area (Å²) in [6.45, 7) is 8.99. The second-order valence-corrected chi connectivity index (χ2v) is 9.01. The van der Waals surface area contributed by atoms with E-state index in [-0.39, 0.29) is 36.8 Å². The van der Waals surface area contributed by atoms with Gasteiger partial charge in [-0.2, -0.15) is 0 Å². The lowest BCUT2D eigenvalue weighted by atomic mass is 9.76. The SMILES string of the molecule is CC1(C)OB(CCCC[C@]2(C(=O)O)[C@H]3CCN[C@H]3CN2C(=O)O)OC1(C)C. The van der Waals surface area contributed by atoms with Crippen LogP contribution in [0.25, 0.3) is 0 Å². The van der Waals surface area contributed by atoms with Crippen molar-refractivity contribution in [3.05, 3.63) is 0 Å². The summed E-state index contributed by atoms with van der Waals surface area (Å²) in [5.41, 5.74) is -2.10. The van der Waals surface area contributed by atoms with Crippen LogP contribution in [0.4, 0.5) is 4.79 Å². The number of aliphatic carboxylic acids is 1. The minimum absolute atomic E-state index is 0.0692. The van der Waals surface area contributed by atoms with Crippen molar-refractivity contribution in [1.82, 2.24) is 10.2 Å². The van der Waals surface area contributed by atoms with E-state index in [9.17, 15) is 19.8 Å². The van der Waals surface area contributed by atoms with E-state index in [2.05, 4.69) is 5.32 Å². The summed E-state index contributed by atoms with van der Waals surface area (Å²) in [7, 11) is -0.309. The van der Waals surface area contributed by atoms with Crippen molar-refractivity contribution in [3.63, 3.8) is 0 Å². The van der Waals surface area contributed by atoms with Crippen LogP contribution in [-0.2, 0) is 14.1 Å². The van der Waals surface area contributed by atoms with E-state index in [0.717, 1.165) is 17.9 Å². The minimum Gasteiger partial charge on any atom is -0.479 e. The number of nitrogens with one attached hydrogen (secondary N) is 1. The van der Waals surface area contributed by atoms with Gasteiger partial charge in [0.1, 0.15) is 5.54 Å². The summed E-state index contributed by atoms with van der Waals surface area (Å²) in [6.07, 6.45) is 1.87. The van der Waals surface area contributed by atoms with Crippen LogP contribution in [-0.4, -0.2) is 70.2 Å². The third kappa shape index (κ3) is 3.34. The molecule has 3 heterocycles. The van der Waals surface area contributed by atoms with Crippen molar-refractivity contribution in [1.29, 1.82) is 0 Å². The first-order valence-electron chi connectivity index (χ1n) is 9.84. The second-order valence-electron chi connectivity index (χ2n) is 9.01. The molecular weight excluding hydrogens is 351 g/mol. The van der Waals surface area contributed by atoms with E-state index in [1.54, 1.807) is 0 Å². The Hall–Kier alpha value is -1.32. The lowest BCUT2D eigenvalue weighted by Gasteiger charge is -2.36. The van der Waals surface area contributed by atoms with Crippen molar-refractivity contribution in [2.45, 2.75) is 82.5 Å². The van der Waals surface area contributed by atoms with E-state index in [4.69, 9.17) is 9.31 Å². The minimum atomic E-state index is -1.34. The summed E-state index contributed by atoms with van der Waals surface area (Å²) in [5, 5.41) is 22.8.